The minimum absolute atomic E-state index is 0.0800. The third kappa shape index (κ3) is 3.48. The molecule has 1 aromatic rings. The molecule has 0 spiro atoms. The van der Waals surface area contributed by atoms with Gasteiger partial charge in [0, 0.05) is 31.3 Å². The summed E-state index contributed by atoms with van der Waals surface area (Å²) in [6, 6.07) is 5.58. The zero-order valence-electron chi connectivity index (χ0n) is 12.7. The van der Waals surface area contributed by atoms with Crippen molar-refractivity contribution in [2.75, 3.05) is 20.6 Å². The molecule has 0 bridgehead atoms. The molecule has 0 saturated heterocycles. The average molecular weight is 287 g/mol. The molecule has 1 fully saturated rings. The Labute approximate surface area is 124 Å². The number of hydrogen-bond acceptors (Lipinski definition) is 3. The van der Waals surface area contributed by atoms with Crippen LogP contribution in [-0.2, 0) is 4.79 Å². The zero-order chi connectivity index (χ0) is 15.6. The summed E-state index contributed by atoms with van der Waals surface area (Å²) in [6.45, 7) is 1.90. The van der Waals surface area contributed by atoms with E-state index in [2.05, 4.69) is 4.99 Å². The lowest BCUT2D eigenvalue weighted by Gasteiger charge is -2.16. The minimum Gasteiger partial charge on any atom is -0.368 e. The van der Waals surface area contributed by atoms with Crippen molar-refractivity contribution in [2.24, 2.45) is 16.6 Å². The number of benzene rings is 1. The number of carbonyl (C=O) groups is 2. The van der Waals surface area contributed by atoms with Crippen molar-refractivity contribution >= 4 is 17.5 Å². The van der Waals surface area contributed by atoms with Crippen molar-refractivity contribution in [2.45, 2.75) is 19.8 Å². The maximum atomic E-state index is 12.2. The van der Waals surface area contributed by atoms with Crippen LogP contribution < -0.4 is 5.73 Å². The molecule has 5 heteroatoms. The van der Waals surface area contributed by atoms with Crippen molar-refractivity contribution in [1.29, 1.82) is 0 Å². The van der Waals surface area contributed by atoms with E-state index in [1.54, 1.807) is 13.1 Å². The highest BCUT2D eigenvalue weighted by atomic mass is 16.2. The third-order valence-corrected chi connectivity index (χ3v) is 3.69. The lowest BCUT2D eigenvalue weighted by molar-refractivity contribution is -0.118. The van der Waals surface area contributed by atoms with Gasteiger partial charge in [-0.25, -0.2) is 0 Å². The van der Waals surface area contributed by atoms with Crippen molar-refractivity contribution in [3.63, 3.8) is 0 Å². The van der Waals surface area contributed by atoms with Gasteiger partial charge in [0.25, 0.3) is 5.91 Å². The minimum atomic E-state index is -0.520. The first-order valence-corrected chi connectivity index (χ1v) is 7.05. The summed E-state index contributed by atoms with van der Waals surface area (Å²) < 4.78 is 0. The van der Waals surface area contributed by atoms with Gasteiger partial charge in [-0.3, -0.25) is 14.6 Å². The van der Waals surface area contributed by atoms with Gasteiger partial charge in [0.2, 0.25) is 5.91 Å². The molecule has 21 heavy (non-hydrogen) atoms. The first kappa shape index (κ1) is 15.2. The monoisotopic (exact) mass is 287 g/mol. The van der Waals surface area contributed by atoms with E-state index in [9.17, 15) is 9.59 Å². The highest BCUT2D eigenvalue weighted by Gasteiger charge is 2.29. The summed E-state index contributed by atoms with van der Waals surface area (Å²) in [5.41, 5.74) is 8.93. The number of carbonyl (C=O) groups excluding carboxylic acids is 2. The van der Waals surface area contributed by atoms with Crippen LogP contribution >= 0.6 is 0 Å². The lowest BCUT2D eigenvalue weighted by atomic mass is 9.98. The quantitative estimate of drug-likeness (QED) is 0.831. The fourth-order valence-corrected chi connectivity index (χ4v) is 2.49. The summed E-state index contributed by atoms with van der Waals surface area (Å²) >= 11 is 0. The Hall–Kier alpha value is -2.17. The first-order chi connectivity index (χ1) is 9.93. The highest BCUT2D eigenvalue weighted by molar-refractivity contribution is 6.05. The van der Waals surface area contributed by atoms with E-state index >= 15 is 0 Å². The van der Waals surface area contributed by atoms with E-state index in [4.69, 9.17) is 5.73 Å². The van der Waals surface area contributed by atoms with Crippen LogP contribution in [0.3, 0.4) is 0 Å². The molecule has 112 valence electrons. The lowest BCUT2D eigenvalue weighted by Crippen LogP contribution is -2.35. The number of likely N-dealkylation sites (N-methyl/N-ethyl adjacent to an activating group) is 1. The van der Waals surface area contributed by atoms with Gasteiger partial charge in [-0.2, -0.15) is 0 Å². The maximum Gasteiger partial charge on any atom is 0.254 e. The molecule has 0 aromatic heterocycles. The second kappa shape index (κ2) is 6.08. The predicted molar refractivity (Wildman–Crippen MR) is 82.5 cm³/mol. The smallest absolute Gasteiger partial charge is 0.254 e. The Morgan fingerprint density at radius 3 is 2.52 bits per heavy atom. The maximum absolute atomic E-state index is 12.2. The fraction of sp³-hybridized carbons (Fsp3) is 0.438. The molecule has 1 aliphatic carbocycles. The number of rotatable bonds is 5. The second-order valence-electron chi connectivity index (χ2n) is 5.54. The molecule has 0 aliphatic heterocycles. The molecular weight excluding hydrogens is 266 g/mol. The average Bonchev–Trinajstić information content (AvgIpc) is 3.24. The van der Waals surface area contributed by atoms with E-state index < -0.39 is 5.91 Å². The van der Waals surface area contributed by atoms with E-state index in [0.29, 0.717) is 11.5 Å². The Morgan fingerprint density at radius 2 is 2.05 bits per heavy atom. The topological polar surface area (TPSA) is 75.8 Å². The Bertz CT molecular complexity index is 604. The van der Waals surface area contributed by atoms with Crippen LogP contribution in [0, 0.1) is 12.8 Å². The summed E-state index contributed by atoms with van der Waals surface area (Å²) in [7, 11) is 3.38. The molecule has 2 rings (SSSR count). The van der Waals surface area contributed by atoms with Gasteiger partial charge in [0.15, 0.2) is 0 Å². The molecule has 0 radical (unpaired) electrons. The zero-order valence-corrected chi connectivity index (χ0v) is 12.7. The summed E-state index contributed by atoms with van der Waals surface area (Å²) in [5, 5.41) is 0. The van der Waals surface area contributed by atoms with E-state index in [0.717, 1.165) is 16.8 Å². The molecule has 2 N–H and O–H groups in total. The van der Waals surface area contributed by atoms with Gasteiger partial charge in [0.05, 0.1) is 6.54 Å². The Morgan fingerprint density at radius 1 is 1.38 bits per heavy atom. The van der Waals surface area contributed by atoms with E-state index in [1.807, 2.05) is 26.1 Å². The highest BCUT2D eigenvalue weighted by Crippen LogP contribution is 2.34. The first-order valence-electron chi connectivity index (χ1n) is 7.05. The molecule has 0 unspecified atom stereocenters. The molecule has 0 heterocycles. The van der Waals surface area contributed by atoms with Crippen molar-refractivity contribution in [3.8, 4) is 0 Å². The van der Waals surface area contributed by atoms with Gasteiger partial charge in [-0.05, 0) is 43.0 Å². The van der Waals surface area contributed by atoms with Crippen molar-refractivity contribution in [1.82, 2.24) is 4.90 Å². The Balaban J connectivity index is 2.22. The third-order valence-electron chi connectivity index (χ3n) is 3.69. The number of aliphatic imine (C=N–C) groups is 1. The number of nitrogens with zero attached hydrogens (tertiary/aromatic N) is 2. The number of nitrogens with two attached hydrogens (primary N) is 1. The van der Waals surface area contributed by atoms with E-state index in [-0.39, 0.29) is 12.5 Å². The number of hydrogen-bond donors (Lipinski definition) is 1. The molecular formula is C16H21N3O2. The van der Waals surface area contributed by atoms with Crippen LogP contribution in [0.25, 0.3) is 0 Å². The van der Waals surface area contributed by atoms with Gasteiger partial charge < -0.3 is 10.6 Å². The van der Waals surface area contributed by atoms with Crippen LogP contribution in [0.4, 0.5) is 0 Å². The summed E-state index contributed by atoms with van der Waals surface area (Å²) in [6.07, 6.45) is 2.38. The molecule has 1 aromatic carbocycles. The van der Waals surface area contributed by atoms with Crippen LogP contribution in [0.2, 0.25) is 0 Å². The summed E-state index contributed by atoms with van der Waals surface area (Å²) in [4.78, 5) is 28.8. The van der Waals surface area contributed by atoms with Gasteiger partial charge >= 0.3 is 0 Å². The van der Waals surface area contributed by atoms with Gasteiger partial charge in [-0.15, -0.1) is 0 Å². The normalized spacial score (nSPS) is 14.9. The molecule has 1 aliphatic rings. The van der Waals surface area contributed by atoms with E-state index in [1.165, 1.54) is 17.7 Å². The summed E-state index contributed by atoms with van der Waals surface area (Å²) in [5.74, 6) is -0.161. The SMILES string of the molecule is CN=C(c1ccc(C(=O)N(C)CC(N)=O)cc1C)C1CC1. The van der Waals surface area contributed by atoms with Gasteiger partial charge in [-0.1, -0.05) is 6.07 Å². The molecule has 5 nitrogen and oxygen atoms in total. The van der Waals surface area contributed by atoms with Gasteiger partial charge in [0.1, 0.15) is 0 Å². The molecule has 2 amide bonds. The fourth-order valence-electron chi connectivity index (χ4n) is 2.49. The number of primary amides is 1. The van der Waals surface area contributed by atoms with Crippen LogP contribution in [-0.4, -0.2) is 43.1 Å². The standard InChI is InChI=1S/C16H21N3O2/c1-10-8-12(16(21)19(3)9-14(17)20)6-7-13(10)15(18-2)11-4-5-11/h6-8,11H,4-5,9H2,1-3H3,(H2,17,20). The van der Waals surface area contributed by atoms with Crippen molar-refractivity contribution < 1.29 is 9.59 Å². The molecule has 0 atom stereocenters. The van der Waals surface area contributed by atoms with Crippen molar-refractivity contribution in [3.05, 3.63) is 34.9 Å². The van der Waals surface area contributed by atoms with Crippen LogP contribution in [0.5, 0.6) is 0 Å². The van der Waals surface area contributed by atoms with Crippen LogP contribution in [0.15, 0.2) is 23.2 Å². The predicted octanol–water partition coefficient (Wildman–Crippen LogP) is 1.38. The van der Waals surface area contributed by atoms with Crippen LogP contribution in [0.1, 0.15) is 34.3 Å². The number of amides is 2. The molecule has 1 saturated carbocycles. The number of aryl methyl sites for hydroxylation is 1. The second-order valence-corrected chi connectivity index (χ2v) is 5.54. The Kier molecular flexibility index (Phi) is 4.40. The largest absolute Gasteiger partial charge is 0.368 e.